The summed E-state index contributed by atoms with van der Waals surface area (Å²) in [5.74, 6) is 0.185. The first kappa shape index (κ1) is 21.3. The molecule has 0 aliphatic carbocycles. The number of anilines is 1. The Morgan fingerprint density at radius 1 is 1.32 bits per heavy atom. The summed E-state index contributed by atoms with van der Waals surface area (Å²) in [7, 11) is 0. The van der Waals surface area contributed by atoms with Crippen LogP contribution in [0, 0.1) is 5.82 Å². The van der Waals surface area contributed by atoms with Crippen molar-refractivity contribution in [3.05, 3.63) is 65.4 Å². The molecule has 4 rings (SSSR count). The highest BCUT2D eigenvalue weighted by atomic mass is 32.2. The van der Waals surface area contributed by atoms with Crippen LogP contribution in [0.3, 0.4) is 0 Å². The Labute approximate surface area is 187 Å². The van der Waals surface area contributed by atoms with Crippen molar-refractivity contribution in [1.82, 2.24) is 10.3 Å². The number of hydrogen-bond acceptors (Lipinski definition) is 6. The second-order valence-electron chi connectivity index (χ2n) is 7.00. The number of nitrogens with zero attached hydrogens (tertiary/aromatic N) is 2. The van der Waals surface area contributed by atoms with Crippen LogP contribution in [0.25, 0.3) is 11.1 Å². The summed E-state index contributed by atoms with van der Waals surface area (Å²) >= 11 is 3.27. The Morgan fingerprint density at radius 3 is 2.81 bits per heavy atom. The van der Waals surface area contributed by atoms with Gasteiger partial charge in [0.15, 0.2) is 0 Å². The molecule has 2 amide bonds. The van der Waals surface area contributed by atoms with Crippen molar-refractivity contribution < 1.29 is 18.7 Å². The molecule has 1 saturated heterocycles. The van der Waals surface area contributed by atoms with Crippen molar-refractivity contribution >= 4 is 40.8 Å². The first-order valence-corrected chi connectivity index (χ1v) is 11.5. The summed E-state index contributed by atoms with van der Waals surface area (Å²) in [4.78, 5) is 28.8. The normalized spacial score (nSPS) is 15.7. The molecule has 2 aromatic carbocycles. The highest BCUT2D eigenvalue weighted by molar-refractivity contribution is 8.00. The molecule has 1 N–H and O–H groups in total. The van der Waals surface area contributed by atoms with Crippen LogP contribution in [0.1, 0.15) is 12.5 Å². The Morgan fingerprint density at radius 2 is 2.13 bits per heavy atom. The highest BCUT2D eigenvalue weighted by Crippen LogP contribution is 2.30. The predicted octanol–water partition coefficient (Wildman–Crippen LogP) is 4.70. The lowest BCUT2D eigenvalue weighted by atomic mass is 10.0. The van der Waals surface area contributed by atoms with E-state index in [0.717, 1.165) is 21.2 Å². The monoisotopic (exact) mass is 457 g/mol. The van der Waals surface area contributed by atoms with Crippen LogP contribution in [0.2, 0.25) is 0 Å². The maximum absolute atomic E-state index is 14.9. The molecule has 1 aromatic heterocycles. The van der Waals surface area contributed by atoms with Crippen LogP contribution in [-0.4, -0.2) is 36.2 Å². The summed E-state index contributed by atoms with van der Waals surface area (Å²) in [5.41, 5.74) is 2.78. The van der Waals surface area contributed by atoms with Gasteiger partial charge in [-0.25, -0.2) is 14.2 Å². The SMILES string of the molecule is CC(=O)NC[C@H]1CN(c2ccc(-c3ccc(CSc4nccs4)cc3)c(F)c2)C(=O)O1. The molecule has 0 spiro atoms. The van der Waals surface area contributed by atoms with Crippen molar-refractivity contribution in [2.24, 2.45) is 0 Å². The topological polar surface area (TPSA) is 71.5 Å². The average Bonchev–Trinajstić information content (AvgIpc) is 3.41. The molecule has 160 valence electrons. The van der Waals surface area contributed by atoms with Crippen molar-refractivity contribution in [3.8, 4) is 11.1 Å². The number of rotatable bonds is 7. The van der Waals surface area contributed by atoms with Crippen LogP contribution >= 0.6 is 23.1 Å². The quantitative estimate of drug-likeness (QED) is 0.521. The van der Waals surface area contributed by atoms with E-state index in [-0.39, 0.29) is 19.0 Å². The summed E-state index contributed by atoms with van der Waals surface area (Å²) in [5, 5.41) is 4.57. The fourth-order valence-electron chi connectivity index (χ4n) is 3.21. The van der Waals surface area contributed by atoms with Gasteiger partial charge in [-0.1, -0.05) is 36.0 Å². The lowest BCUT2D eigenvalue weighted by Crippen LogP contribution is -2.33. The number of amides is 2. The van der Waals surface area contributed by atoms with Gasteiger partial charge in [-0.15, -0.1) is 11.3 Å². The minimum Gasteiger partial charge on any atom is -0.442 e. The fraction of sp³-hybridized carbons (Fsp3) is 0.227. The van der Waals surface area contributed by atoms with Crippen LogP contribution in [0.4, 0.5) is 14.9 Å². The molecule has 1 atom stereocenters. The second-order valence-corrected chi connectivity index (χ2v) is 9.12. The number of carbonyl (C=O) groups is 2. The average molecular weight is 458 g/mol. The molecule has 3 aromatic rings. The minimum absolute atomic E-state index is 0.197. The van der Waals surface area contributed by atoms with Gasteiger partial charge in [-0.2, -0.15) is 0 Å². The largest absolute Gasteiger partial charge is 0.442 e. The zero-order valence-electron chi connectivity index (χ0n) is 16.7. The van der Waals surface area contributed by atoms with Crippen molar-refractivity contribution in [2.75, 3.05) is 18.0 Å². The Bertz CT molecular complexity index is 1070. The Balaban J connectivity index is 1.42. The molecule has 0 bridgehead atoms. The van der Waals surface area contributed by atoms with Gasteiger partial charge in [0.2, 0.25) is 5.91 Å². The molecule has 0 unspecified atom stereocenters. The van der Waals surface area contributed by atoms with Crippen molar-refractivity contribution in [1.29, 1.82) is 0 Å². The number of ether oxygens (including phenoxy) is 1. The number of hydrogen-bond donors (Lipinski definition) is 1. The van der Waals surface area contributed by atoms with E-state index < -0.39 is 18.0 Å². The minimum atomic E-state index is -0.551. The lowest BCUT2D eigenvalue weighted by Gasteiger charge is -2.14. The number of nitrogens with one attached hydrogen (secondary N) is 1. The van der Waals surface area contributed by atoms with E-state index in [1.807, 2.05) is 29.6 Å². The number of cyclic esters (lactones) is 1. The predicted molar refractivity (Wildman–Crippen MR) is 120 cm³/mol. The van der Waals surface area contributed by atoms with E-state index in [9.17, 15) is 14.0 Å². The zero-order valence-corrected chi connectivity index (χ0v) is 18.3. The van der Waals surface area contributed by atoms with Gasteiger partial charge in [0.1, 0.15) is 16.3 Å². The van der Waals surface area contributed by atoms with E-state index in [1.54, 1.807) is 41.4 Å². The first-order chi connectivity index (χ1) is 15.0. The molecule has 1 aliphatic heterocycles. The smallest absolute Gasteiger partial charge is 0.414 e. The Kier molecular flexibility index (Phi) is 6.53. The second kappa shape index (κ2) is 9.49. The van der Waals surface area contributed by atoms with Gasteiger partial charge < -0.3 is 10.1 Å². The molecule has 31 heavy (non-hydrogen) atoms. The molecule has 6 nitrogen and oxygen atoms in total. The molecule has 9 heteroatoms. The Hall–Kier alpha value is -2.91. The molecular weight excluding hydrogens is 437 g/mol. The van der Waals surface area contributed by atoms with E-state index in [2.05, 4.69) is 10.3 Å². The van der Waals surface area contributed by atoms with Crippen molar-refractivity contribution in [2.45, 2.75) is 23.1 Å². The number of carbonyl (C=O) groups excluding carboxylic acids is 2. The molecule has 1 aliphatic rings. The zero-order chi connectivity index (χ0) is 21.8. The van der Waals surface area contributed by atoms with Gasteiger partial charge in [-0.05, 0) is 29.3 Å². The molecule has 0 saturated carbocycles. The number of benzene rings is 2. The summed E-state index contributed by atoms with van der Waals surface area (Å²) in [6, 6.07) is 12.4. The molecule has 2 heterocycles. The van der Waals surface area contributed by atoms with Gasteiger partial charge in [0.05, 0.1) is 18.8 Å². The third kappa shape index (κ3) is 5.23. The third-order valence-corrected chi connectivity index (χ3v) is 6.79. The van der Waals surface area contributed by atoms with Crippen LogP contribution in [0.15, 0.2) is 58.4 Å². The fourth-order valence-corrected chi connectivity index (χ4v) is 4.80. The van der Waals surface area contributed by atoms with Gasteiger partial charge in [0.25, 0.3) is 0 Å². The van der Waals surface area contributed by atoms with Gasteiger partial charge in [-0.3, -0.25) is 9.69 Å². The molecule has 1 fully saturated rings. The number of halogens is 1. The van der Waals surface area contributed by atoms with E-state index in [0.29, 0.717) is 11.3 Å². The third-order valence-electron chi connectivity index (χ3n) is 4.75. The van der Waals surface area contributed by atoms with E-state index in [1.165, 1.54) is 17.9 Å². The number of thioether (sulfide) groups is 1. The molecular formula is C22H20FN3O3S2. The van der Waals surface area contributed by atoms with Crippen molar-refractivity contribution in [3.63, 3.8) is 0 Å². The van der Waals surface area contributed by atoms with Crippen LogP contribution in [0.5, 0.6) is 0 Å². The maximum atomic E-state index is 14.9. The van der Waals surface area contributed by atoms with Crippen LogP contribution in [-0.2, 0) is 15.3 Å². The highest BCUT2D eigenvalue weighted by Gasteiger charge is 2.32. The summed E-state index contributed by atoms with van der Waals surface area (Å²) < 4.78 is 21.1. The number of thiazole rings is 1. The maximum Gasteiger partial charge on any atom is 0.414 e. The molecule has 0 radical (unpaired) electrons. The van der Waals surface area contributed by atoms with Gasteiger partial charge >= 0.3 is 6.09 Å². The summed E-state index contributed by atoms with van der Waals surface area (Å²) in [6.45, 7) is 1.88. The summed E-state index contributed by atoms with van der Waals surface area (Å²) in [6.07, 6.45) is 0.770. The van der Waals surface area contributed by atoms with E-state index in [4.69, 9.17) is 4.74 Å². The van der Waals surface area contributed by atoms with Crippen LogP contribution < -0.4 is 10.2 Å². The number of aromatic nitrogens is 1. The first-order valence-electron chi connectivity index (χ1n) is 9.63. The van der Waals surface area contributed by atoms with E-state index >= 15 is 0 Å². The standard InChI is InChI=1S/C22H20FN3O3S2/c1-14(27)25-11-18-12-26(22(28)29-18)17-6-7-19(20(23)10-17)16-4-2-15(3-5-16)13-31-21-24-8-9-30-21/h2-10,18H,11-13H2,1H3,(H,25,27)/t18-/m0/s1. The van der Waals surface area contributed by atoms with Gasteiger partial charge in [0, 0.05) is 29.8 Å². The lowest BCUT2D eigenvalue weighted by molar-refractivity contribution is -0.119.